The van der Waals surface area contributed by atoms with E-state index in [-0.39, 0.29) is 12.6 Å². The molecule has 0 heterocycles. The van der Waals surface area contributed by atoms with Gasteiger partial charge in [-0.3, -0.25) is 4.79 Å². The summed E-state index contributed by atoms with van der Waals surface area (Å²) in [7, 11) is -4.34. The van der Waals surface area contributed by atoms with Gasteiger partial charge in [-0.25, -0.2) is 0 Å². The van der Waals surface area contributed by atoms with Crippen LogP contribution in [0.1, 0.15) is 83.1 Å². The molecule has 0 unspecified atom stereocenters. The molecule has 0 amide bonds. The molecule has 0 rings (SSSR count). The van der Waals surface area contributed by atoms with Crippen LogP contribution in [0, 0.1) is 0 Å². The normalized spacial score (nSPS) is 14.9. The van der Waals surface area contributed by atoms with Crippen LogP contribution in [-0.4, -0.2) is 40.3 Å². The van der Waals surface area contributed by atoms with Gasteiger partial charge in [0.05, 0.1) is 6.61 Å². The minimum Gasteiger partial charge on any atom is -0.517 e. The van der Waals surface area contributed by atoms with Gasteiger partial charge in [-0.2, -0.15) is 0 Å². The number of nitrogens with one attached hydrogen (secondary N) is 1. The smallest absolute Gasteiger partial charge is 0.311 e. The van der Waals surface area contributed by atoms with Crippen LogP contribution in [0.5, 0.6) is 0 Å². The van der Waals surface area contributed by atoms with Crippen LogP contribution in [0.3, 0.4) is 0 Å². The topological polar surface area (TPSA) is 58.6 Å². The molecule has 0 fully saturated rings. The minimum absolute atomic E-state index is 0.210. The molecule has 0 aliphatic carbocycles. The lowest BCUT2D eigenvalue weighted by Crippen LogP contribution is -2.65. The van der Waals surface area contributed by atoms with Crippen LogP contribution < -0.4 is 4.98 Å². The lowest BCUT2D eigenvalue weighted by atomic mass is 10.3. The Morgan fingerprint density at radius 3 is 1.30 bits per heavy atom. The van der Waals surface area contributed by atoms with E-state index in [4.69, 9.17) is 4.43 Å². The van der Waals surface area contributed by atoms with E-state index < -0.39 is 22.6 Å². The first kappa shape index (κ1) is 26.8. The zero-order valence-corrected chi connectivity index (χ0v) is 22.0. The minimum atomic E-state index is -2.31. The summed E-state index contributed by atoms with van der Waals surface area (Å²) in [5.74, 6) is -0.251. The molecule has 0 saturated carbocycles. The van der Waals surface area contributed by atoms with Gasteiger partial charge in [-0.05, 0) is 33.2 Å². The van der Waals surface area contributed by atoms with Gasteiger partial charge in [0.25, 0.3) is 8.32 Å². The van der Waals surface area contributed by atoms with Gasteiger partial charge >= 0.3 is 5.97 Å². The highest BCUT2D eigenvalue weighted by Gasteiger charge is 2.50. The second kappa shape index (κ2) is 10.6. The third-order valence-corrected chi connectivity index (χ3v) is 19.3. The molecule has 0 bridgehead atoms. The number of carbonyl (C=O) groups excluding carboxylic acids is 1. The molecular weight excluding hydrogens is 370 g/mol. The Morgan fingerprint density at radius 2 is 1.07 bits per heavy atom. The van der Waals surface area contributed by atoms with Crippen molar-refractivity contribution in [3.8, 4) is 0 Å². The van der Waals surface area contributed by atoms with Gasteiger partial charge in [0.1, 0.15) is 14.3 Å². The average Bonchev–Trinajstić information content (AvgIpc) is 2.51. The molecule has 4 nitrogen and oxygen atoms in total. The van der Waals surface area contributed by atoms with Crippen LogP contribution in [0.25, 0.3) is 0 Å². The van der Waals surface area contributed by atoms with Crippen molar-refractivity contribution in [2.45, 2.75) is 122 Å². The third-order valence-electron chi connectivity index (χ3n) is 6.74. The largest absolute Gasteiger partial charge is 0.517 e. The molecule has 1 atom stereocenters. The Hall–Kier alpha value is -0.176. The molecule has 0 aromatic carbocycles. The Bertz CT molecular complexity index is 419. The van der Waals surface area contributed by atoms with E-state index in [1.165, 1.54) is 0 Å². The van der Waals surface area contributed by atoms with E-state index in [1.54, 1.807) is 0 Å². The van der Waals surface area contributed by atoms with Crippen molar-refractivity contribution >= 4 is 22.5 Å². The van der Waals surface area contributed by atoms with Gasteiger partial charge in [0.2, 0.25) is 0 Å². The molecule has 0 aromatic heterocycles. The monoisotopic (exact) mass is 417 g/mol. The van der Waals surface area contributed by atoms with Gasteiger partial charge in [0, 0.05) is 0 Å². The number of carbonyl (C=O) groups is 1. The van der Waals surface area contributed by atoms with Crippen LogP contribution >= 0.6 is 0 Å². The van der Waals surface area contributed by atoms with E-state index in [2.05, 4.69) is 88.1 Å². The van der Waals surface area contributed by atoms with E-state index in [0.717, 1.165) is 0 Å². The Labute approximate surface area is 171 Å². The number of rotatable bonds is 11. The van der Waals surface area contributed by atoms with Crippen LogP contribution in [0.4, 0.5) is 0 Å². The lowest BCUT2D eigenvalue weighted by Gasteiger charge is -2.46. The molecule has 2 N–H and O–H groups in total. The van der Waals surface area contributed by atoms with Gasteiger partial charge < -0.3 is 14.5 Å². The maximum absolute atomic E-state index is 13.3. The molecule has 0 spiro atoms. The maximum atomic E-state index is 13.3. The average molecular weight is 418 g/mol. The summed E-state index contributed by atoms with van der Waals surface area (Å²) in [6.07, 6.45) is 0. The highest BCUT2D eigenvalue weighted by atomic mass is 28.4. The first-order valence-corrected chi connectivity index (χ1v) is 15.2. The second-order valence-corrected chi connectivity index (χ2v) is 21.0. The molecule has 162 valence electrons. The van der Waals surface area contributed by atoms with Crippen LogP contribution in [0.2, 0.25) is 33.2 Å². The fourth-order valence-corrected chi connectivity index (χ4v) is 16.6. The van der Waals surface area contributed by atoms with Crippen molar-refractivity contribution in [3.63, 3.8) is 0 Å². The number of aliphatic hydroxyl groups is 1. The van der Waals surface area contributed by atoms with Gasteiger partial charge in [0.15, 0.2) is 0 Å². The van der Waals surface area contributed by atoms with E-state index in [0.29, 0.717) is 33.2 Å². The zero-order valence-electron chi connectivity index (χ0n) is 20.0. The van der Waals surface area contributed by atoms with Crippen molar-refractivity contribution in [2.24, 2.45) is 0 Å². The zero-order chi connectivity index (χ0) is 21.7. The van der Waals surface area contributed by atoms with E-state index >= 15 is 0 Å². The fourth-order valence-electron chi connectivity index (χ4n) is 5.58. The maximum Gasteiger partial charge on any atom is 0.311 e. The lowest BCUT2D eigenvalue weighted by molar-refractivity contribution is -0.138. The molecule has 0 saturated heterocycles. The quantitative estimate of drug-likeness (QED) is 0.415. The standard InChI is InChI=1S/C21H47NO3Si2/c1-14(2)26(15(3)4,16(5)6)22-20(13-23)21(24)25-27(17(7)8,18(9)10)19(11)12/h14-20,22-23H,13H2,1-12H3/t20-/m0/s1. The molecule has 6 heteroatoms. The summed E-state index contributed by atoms with van der Waals surface area (Å²) in [4.78, 5) is 17.0. The summed E-state index contributed by atoms with van der Waals surface area (Å²) in [6, 6.07) is -0.632. The predicted molar refractivity (Wildman–Crippen MR) is 122 cm³/mol. The second-order valence-electron chi connectivity index (χ2n) is 10.0. The molecule has 0 aliphatic rings. The van der Waals surface area contributed by atoms with Crippen molar-refractivity contribution in [1.82, 2.24) is 4.98 Å². The Balaban J connectivity index is 5.87. The summed E-state index contributed by atoms with van der Waals surface area (Å²) in [5, 5.41) is 10.1. The highest BCUT2D eigenvalue weighted by molar-refractivity contribution is 6.81. The first-order chi connectivity index (χ1) is 12.2. The van der Waals surface area contributed by atoms with E-state index in [9.17, 15) is 9.90 Å². The molecular formula is C21H47NO3Si2. The van der Waals surface area contributed by atoms with E-state index in [1.807, 2.05) is 0 Å². The van der Waals surface area contributed by atoms with Crippen molar-refractivity contribution in [1.29, 1.82) is 0 Å². The third kappa shape index (κ3) is 5.46. The number of hydrogen-bond donors (Lipinski definition) is 2. The predicted octanol–water partition coefficient (Wildman–Crippen LogP) is 5.83. The molecule has 0 aliphatic heterocycles. The summed E-state index contributed by atoms with van der Waals surface area (Å²) < 4.78 is 6.36. The Kier molecular flexibility index (Phi) is 10.5. The molecule has 0 aromatic rings. The van der Waals surface area contributed by atoms with Crippen LogP contribution in [0.15, 0.2) is 0 Å². The summed E-state index contributed by atoms with van der Waals surface area (Å²) >= 11 is 0. The fraction of sp³-hybridized carbons (Fsp3) is 0.952. The summed E-state index contributed by atoms with van der Waals surface area (Å²) in [5.41, 5.74) is 2.39. The molecule has 27 heavy (non-hydrogen) atoms. The van der Waals surface area contributed by atoms with Crippen molar-refractivity contribution in [3.05, 3.63) is 0 Å². The summed E-state index contributed by atoms with van der Waals surface area (Å²) in [6.45, 7) is 26.3. The first-order valence-electron chi connectivity index (χ1n) is 10.8. The molecule has 0 radical (unpaired) electrons. The highest BCUT2D eigenvalue weighted by Crippen LogP contribution is 2.43. The van der Waals surface area contributed by atoms with Crippen molar-refractivity contribution in [2.75, 3.05) is 6.61 Å². The Morgan fingerprint density at radius 1 is 0.741 bits per heavy atom. The number of aliphatic hydroxyl groups excluding tert-OH is 1. The number of hydrogen-bond acceptors (Lipinski definition) is 4. The SMILES string of the molecule is CC(C)[Si](N[C@@H](CO)C(=O)O[Si](C(C)C)(C(C)C)C(C)C)(C(C)C)C(C)C. The van der Waals surface area contributed by atoms with Crippen molar-refractivity contribution < 1.29 is 14.3 Å². The van der Waals surface area contributed by atoms with Crippen LogP contribution in [-0.2, 0) is 9.22 Å². The van der Waals surface area contributed by atoms with Gasteiger partial charge in [-0.15, -0.1) is 0 Å². The van der Waals surface area contributed by atoms with Gasteiger partial charge in [-0.1, -0.05) is 83.1 Å².